The third kappa shape index (κ3) is 5.81. The molecule has 11 heteroatoms. The number of fused-ring (bicyclic) bond motifs is 3. The van der Waals surface area contributed by atoms with Crippen LogP contribution in [0.2, 0.25) is 25.7 Å². The number of aromatic amines is 1. The Hall–Kier alpha value is -3.49. The van der Waals surface area contributed by atoms with Crippen LogP contribution in [0, 0.1) is 17.2 Å². The summed E-state index contributed by atoms with van der Waals surface area (Å²) in [6.07, 6.45) is 11.6. The van der Waals surface area contributed by atoms with Crippen molar-refractivity contribution in [1.29, 1.82) is 5.26 Å². The van der Waals surface area contributed by atoms with Gasteiger partial charge >= 0.3 is 0 Å². The lowest BCUT2D eigenvalue weighted by molar-refractivity contribution is 0.0784. The Morgan fingerprint density at radius 3 is 2.84 bits per heavy atom. The molecule has 38 heavy (non-hydrogen) atoms. The number of rotatable bonds is 10. The maximum atomic E-state index is 13.0. The van der Waals surface area contributed by atoms with Gasteiger partial charge in [0.05, 0.1) is 36.1 Å². The molecule has 0 unspecified atom stereocenters. The maximum absolute atomic E-state index is 13.0. The number of carbonyl (C=O) groups is 1. The van der Waals surface area contributed by atoms with Gasteiger partial charge in [-0.3, -0.25) is 4.79 Å². The molecule has 4 heterocycles. The van der Waals surface area contributed by atoms with Crippen LogP contribution in [-0.4, -0.2) is 49.9 Å². The van der Waals surface area contributed by atoms with Gasteiger partial charge in [-0.2, -0.15) is 10.4 Å². The number of nitrogens with zero attached hydrogens (tertiary/aromatic N) is 6. The van der Waals surface area contributed by atoms with Crippen molar-refractivity contribution in [3.63, 3.8) is 0 Å². The quantitative estimate of drug-likeness (QED) is 0.219. The molecule has 1 saturated carbocycles. The van der Waals surface area contributed by atoms with Crippen molar-refractivity contribution < 1.29 is 9.53 Å². The van der Waals surface area contributed by atoms with E-state index in [1.807, 2.05) is 12.3 Å². The van der Waals surface area contributed by atoms with Crippen LogP contribution in [0.25, 0.3) is 22.1 Å². The number of hydrogen-bond donors (Lipinski definition) is 2. The zero-order valence-corrected chi connectivity index (χ0v) is 23.4. The highest BCUT2D eigenvalue weighted by molar-refractivity contribution is 6.76. The lowest BCUT2D eigenvalue weighted by Gasteiger charge is -2.30. The molecule has 1 amide bonds. The van der Waals surface area contributed by atoms with E-state index < -0.39 is 8.07 Å². The molecule has 0 saturated heterocycles. The number of imidazole rings is 1. The molecular formula is C27H36N8O2Si. The zero-order valence-electron chi connectivity index (χ0n) is 22.4. The summed E-state index contributed by atoms with van der Waals surface area (Å²) in [5.41, 5.74) is 3.19. The van der Waals surface area contributed by atoms with Crippen molar-refractivity contribution in [2.45, 2.75) is 77.1 Å². The second-order valence-electron chi connectivity index (χ2n) is 11.5. The summed E-state index contributed by atoms with van der Waals surface area (Å²) in [5, 5.41) is 17.5. The van der Waals surface area contributed by atoms with E-state index in [2.05, 4.69) is 50.7 Å². The van der Waals surface area contributed by atoms with Gasteiger partial charge in [-0.1, -0.05) is 19.6 Å². The summed E-state index contributed by atoms with van der Waals surface area (Å²) in [6.45, 7) is 8.29. The normalized spacial score (nSPS) is 18.2. The van der Waals surface area contributed by atoms with Crippen molar-refractivity contribution in [1.82, 2.24) is 34.6 Å². The molecule has 0 atom stereocenters. The second-order valence-corrected chi connectivity index (χ2v) is 17.1. The highest BCUT2D eigenvalue weighted by Crippen LogP contribution is 2.37. The number of ether oxygens (including phenoxy) is 1. The first-order valence-corrected chi connectivity index (χ1v) is 17.1. The first kappa shape index (κ1) is 26.1. The number of carbonyl (C=O) groups excluding carboxylic acids is 1. The molecule has 0 aromatic carbocycles. The molecule has 0 aliphatic heterocycles. The summed E-state index contributed by atoms with van der Waals surface area (Å²) < 4.78 is 9.70. The van der Waals surface area contributed by atoms with Crippen molar-refractivity contribution in [2.24, 2.45) is 5.92 Å². The lowest BCUT2D eigenvalue weighted by atomic mass is 9.84. The molecule has 0 spiro atoms. The van der Waals surface area contributed by atoms with Crippen molar-refractivity contribution >= 4 is 36.0 Å². The number of amides is 1. The van der Waals surface area contributed by atoms with E-state index in [4.69, 9.17) is 15.0 Å². The molecule has 1 aliphatic rings. The summed E-state index contributed by atoms with van der Waals surface area (Å²) >= 11 is 0. The van der Waals surface area contributed by atoms with E-state index in [0.29, 0.717) is 37.8 Å². The van der Waals surface area contributed by atoms with Gasteiger partial charge in [0.1, 0.15) is 23.7 Å². The van der Waals surface area contributed by atoms with Gasteiger partial charge < -0.3 is 19.6 Å². The molecule has 5 rings (SSSR count). The maximum Gasteiger partial charge on any atom is 0.254 e. The van der Waals surface area contributed by atoms with Crippen molar-refractivity contribution in [3.8, 4) is 6.07 Å². The summed E-state index contributed by atoms with van der Waals surface area (Å²) in [6, 6.07) is 5.71. The molecule has 1 fully saturated rings. The number of pyridine rings is 1. The Morgan fingerprint density at radius 1 is 1.26 bits per heavy atom. The zero-order chi connectivity index (χ0) is 26.7. The molecule has 1 aliphatic carbocycles. The van der Waals surface area contributed by atoms with Crippen LogP contribution < -0.4 is 5.32 Å². The topological polar surface area (TPSA) is 126 Å². The molecule has 2 N–H and O–H groups in total. The largest absolute Gasteiger partial charge is 0.360 e. The number of aromatic nitrogens is 6. The summed E-state index contributed by atoms with van der Waals surface area (Å²) in [7, 11) is -1.15. The monoisotopic (exact) mass is 532 g/mol. The molecular weight excluding hydrogens is 496 g/mol. The van der Waals surface area contributed by atoms with Crippen molar-refractivity contribution in [3.05, 3.63) is 42.2 Å². The van der Waals surface area contributed by atoms with Crippen LogP contribution in [0.4, 0.5) is 0 Å². The minimum absolute atomic E-state index is 0.195. The fraction of sp³-hybridized carbons (Fsp3) is 0.519. The predicted molar refractivity (Wildman–Crippen MR) is 148 cm³/mol. The summed E-state index contributed by atoms with van der Waals surface area (Å²) in [4.78, 5) is 25.6. The Morgan fingerprint density at radius 2 is 2.08 bits per heavy atom. The average Bonchev–Trinajstić information content (AvgIpc) is 3.63. The van der Waals surface area contributed by atoms with E-state index in [0.717, 1.165) is 59.6 Å². The fourth-order valence-electron chi connectivity index (χ4n) is 5.24. The average molecular weight is 533 g/mol. The van der Waals surface area contributed by atoms with Crippen LogP contribution in [0.3, 0.4) is 0 Å². The minimum Gasteiger partial charge on any atom is -0.360 e. The third-order valence-electron chi connectivity index (χ3n) is 7.39. The minimum atomic E-state index is -1.15. The fourth-order valence-corrected chi connectivity index (χ4v) is 6.00. The molecule has 200 valence electrons. The molecule has 4 aromatic rings. The van der Waals surface area contributed by atoms with Crippen LogP contribution in [0.15, 0.2) is 30.9 Å². The van der Waals surface area contributed by atoms with Crippen LogP contribution in [0.5, 0.6) is 0 Å². The molecule has 10 nitrogen and oxygen atoms in total. The SMILES string of the molecule is C[Si](C)(C)CCOCn1cc(C(=O)NCc2nc3cnc4[nH]ccc4c3n2[C@H]2CC[C@H](CC#N)CC2)cn1. The Balaban J connectivity index is 1.31. The first-order valence-electron chi connectivity index (χ1n) is 13.4. The third-order valence-corrected chi connectivity index (χ3v) is 9.10. The predicted octanol–water partition coefficient (Wildman–Crippen LogP) is 5.00. The highest BCUT2D eigenvalue weighted by atomic mass is 28.3. The second kappa shape index (κ2) is 11.1. The lowest BCUT2D eigenvalue weighted by Crippen LogP contribution is -2.26. The van der Waals surface area contributed by atoms with E-state index in [1.165, 1.54) is 0 Å². The number of hydrogen-bond acceptors (Lipinski definition) is 6. The van der Waals surface area contributed by atoms with E-state index in [1.54, 1.807) is 23.3 Å². The van der Waals surface area contributed by atoms with Crippen molar-refractivity contribution in [2.75, 3.05) is 6.61 Å². The van der Waals surface area contributed by atoms with Crippen LogP contribution in [0.1, 0.15) is 54.3 Å². The Bertz CT molecular complexity index is 1450. The Labute approximate surface area is 223 Å². The van der Waals surface area contributed by atoms with Gasteiger partial charge in [-0.25, -0.2) is 14.6 Å². The van der Waals surface area contributed by atoms with Crippen LogP contribution >= 0.6 is 0 Å². The molecule has 4 aromatic heterocycles. The number of H-pyrrole nitrogens is 1. The number of nitrogens with one attached hydrogen (secondary N) is 2. The number of nitriles is 1. The van der Waals surface area contributed by atoms with Gasteiger partial charge in [0.25, 0.3) is 5.91 Å². The van der Waals surface area contributed by atoms with Gasteiger partial charge in [0.15, 0.2) is 0 Å². The van der Waals surface area contributed by atoms with Gasteiger partial charge in [-0.05, 0) is 43.7 Å². The van der Waals surface area contributed by atoms with E-state index in [9.17, 15) is 4.79 Å². The van der Waals surface area contributed by atoms with E-state index in [-0.39, 0.29) is 11.9 Å². The van der Waals surface area contributed by atoms with Gasteiger partial charge in [0, 0.05) is 44.9 Å². The Kier molecular flexibility index (Phi) is 7.62. The van der Waals surface area contributed by atoms with Crippen LogP contribution in [-0.2, 0) is 18.0 Å². The highest BCUT2D eigenvalue weighted by Gasteiger charge is 2.27. The first-order chi connectivity index (χ1) is 18.3. The molecule has 0 radical (unpaired) electrons. The summed E-state index contributed by atoms with van der Waals surface area (Å²) in [5.74, 6) is 1.08. The van der Waals surface area contributed by atoms with Gasteiger partial charge in [-0.15, -0.1) is 0 Å². The van der Waals surface area contributed by atoms with E-state index >= 15 is 0 Å². The smallest absolute Gasteiger partial charge is 0.254 e. The molecule has 0 bridgehead atoms. The standard InChI is InChI=1S/C27H36N8O2Si/c1-38(2,3)13-12-37-18-34-17-20(14-32-34)27(36)31-16-24-33-23-15-30-26-22(9-11-29-26)25(23)35(24)21-6-4-19(5-7-21)8-10-28/h9,11,14-15,17,19,21H,4-8,12-13,16,18H2,1-3H3,(H,29,30)(H,31,36)/t19-,21-. The van der Waals surface area contributed by atoms with Gasteiger partial charge in [0.2, 0.25) is 0 Å².